The highest BCUT2D eigenvalue weighted by molar-refractivity contribution is 5.91. The third-order valence-electron chi connectivity index (χ3n) is 8.19. The number of ether oxygens (including phenoxy) is 4. The Bertz CT molecular complexity index is 2150. The van der Waals surface area contributed by atoms with Crippen LogP contribution in [0.4, 0.5) is 0 Å². The van der Waals surface area contributed by atoms with Gasteiger partial charge in [0, 0.05) is 12.4 Å². The minimum atomic E-state index is -0.447. The van der Waals surface area contributed by atoms with Gasteiger partial charge in [-0.05, 0) is 109 Å². The van der Waals surface area contributed by atoms with Gasteiger partial charge in [-0.25, -0.2) is 19.6 Å². The van der Waals surface area contributed by atoms with Crippen LogP contribution in [0.25, 0.3) is 58.5 Å². The van der Waals surface area contributed by atoms with E-state index in [0.717, 1.165) is 33.8 Å². The van der Waals surface area contributed by atoms with E-state index in [1.54, 1.807) is 64.7 Å². The Labute approximate surface area is 313 Å². The summed E-state index contributed by atoms with van der Waals surface area (Å²) in [5.74, 6) is 0.630. The van der Waals surface area contributed by atoms with Gasteiger partial charge in [0.2, 0.25) is 0 Å². The van der Waals surface area contributed by atoms with Crippen LogP contribution >= 0.6 is 0 Å². The van der Waals surface area contributed by atoms with E-state index in [4.69, 9.17) is 28.9 Å². The summed E-state index contributed by atoms with van der Waals surface area (Å²) < 4.78 is 21.1. The molecule has 4 heterocycles. The van der Waals surface area contributed by atoms with Crippen molar-refractivity contribution in [3.63, 3.8) is 0 Å². The molecule has 54 heavy (non-hydrogen) atoms. The molecule has 270 valence electrons. The number of aromatic nitrogens is 4. The zero-order valence-electron chi connectivity index (χ0n) is 30.4. The van der Waals surface area contributed by atoms with Gasteiger partial charge in [-0.15, -0.1) is 0 Å². The molecule has 10 heteroatoms. The summed E-state index contributed by atoms with van der Waals surface area (Å²) in [6, 6.07) is 29.7. The van der Waals surface area contributed by atoms with Crippen LogP contribution in [0.5, 0.6) is 11.5 Å². The Kier molecular flexibility index (Phi) is 12.0. The summed E-state index contributed by atoms with van der Waals surface area (Å²) in [5, 5.41) is 0. The number of carbonyl (C=O) groups excluding carboxylic acids is 2. The molecule has 2 aromatic carbocycles. The number of esters is 2. The second-order valence-electron chi connectivity index (χ2n) is 11.9. The topological polar surface area (TPSA) is 123 Å². The molecule has 0 radical (unpaired) electrons. The highest BCUT2D eigenvalue weighted by Crippen LogP contribution is 2.29. The molecule has 0 amide bonds. The molecule has 0 saturated carbocycles. The number of hydrogen-bond donors (Lipinski definition) is 0. The first-order valence-electron chi connectivity index (χ1n) is 17.3. The van der Waals surface area contributed by atoms with Crippen LogP contribution in [0.1, 0.15) is 56.8 Å². The lowest BCUT2D eigenvalue weighted by atomic mass is 10.0. The smallest absolute Gasteiger partial charge is 0.338 e. The summed E-state index contributed by atoms with van der Waals surface area (Å²) in [6.07, 6.45) is 11.1. The standard InChI is InChI=1S/C44H38N4O6/c1-5-53-43(49)33-19-21-45-37(27-33)39-23-31(9-7-29-11-15-35(51-3)16-12-29)25-41(47-39)42-26-32(10-8-30-13-17-36(52-4)18-14-30)24-40(48-42)38-28-34(20-22-46-38)44(50)54-6-2/h7-28H,5-6H2,1-4H3. The number of pyridine rings is 4. The highest BCUT2D eigenvalue weighted by Gasteiger charge is 2.16. The van der Waals surface area contributed by atoms with E-state index >= 15 is 0 Å². The summed E-state index contributed by atoms with van der Waals surface area (Å²) in [6.45, 7) is 4.02. The maximum absolute atomic E-state index is 12.6. The van der Waals surface area contributed by atoms with Crippen molar-refractivity contribution in [3.05, 3.63) is 143 Å². The lowest BCUT2D eigenvalue weighted by Gasteiger charge is -2.11. The second-order valence-corrected chi connectivity index (χ2v) is 11.9. The Hall–Kier alpha value is -6.94. The molecule has 6 aromatic rings. The van der Waals surface area contributed by atoms with E-state index in [0.29, 0.717) is 45.3 Å². The molecule has 0 aliphatic carbocycles. The summed E-state index contributed by atoms with van der Waals surface area (Å²) >= 11 is 0. The van der Waals surface area contributed by atoms with Crippen LogP contribution in [0, 0.1) is 0 Å². The minimum absolute atomic E-state index is 0.249. The van der Waals surface area contributed by atoms with Crippen molar-refractivity contribution in [3.8, 4) is 45.7 Å². The summed E-state index contributed by atoms with van der Waals surface area (Å²) in [5.41, 5.74) is 7.43. The molecule has 0 aliphatic heterocycles. The fourth-order valence-corrected chi connectivity index (χ4v) is 5.46. The Morgan fingerprint density at radius 2 is 0.833 bits per heavy atom. The van der Waals surface area contributed by atoms with Gasteiger partial charge in [0.05, 0.1) is 72.7 Å². The number of carbonyl (C=O) groups is 2. The number of nitrogens with zero attached hydrogens (tertiary/aromatic N) is 4. The Morgan fingerprint density at radius 1 is 0.481 bits per heavy atom. The van der Waals surface area contributed by atoms with Crippen molar-refractivity contribution in [1.82, 2.24) is 19.9 Å². The molecule has 0 bridgehead atoms. The van der Waals surface area contributed by atoms with Crippen molar-refractivity contribution >= 4 is 36.2 Å². The van der Waals surface area contributed by atoms with Crippen molar-refractivity contribution < 1.29 is 28.5 Å². The molecular formula is C44H38N4O6. The normalized spacial score (nSPS) is 11.1. The third kappa shape index (κ3) is 9.29. The van der Waals surface area contributed by atoms with E-state index in [1.807, 2.05) is 97.1 Å². The van der Waals surface area contributed by atoms with E-state index in [-0.39, 0.29) is 13.2 Å². The van der Waals surface area contributed by atoms with Crippen LogP contribution in [-0.4, -0.2) is 59.3 Å². The zero-order valence-corrected chi connectivity index (χ0v) is 30.4. The largest absolute Gasteiger partial charge is 0.497 e. The fourth-order valence-electron chi connectivity index (χ4n) is 5.46. The third-order valence-corrected chi connectivity index (χ3v) is 8.19. The molecule has 0 fully saturated rings. The van der Waals surface area contributed by atoms with Crippen molar-refractivity contribution in [2.24, 2.45) is 0 Å². The first-order valence-corrected chi connectivity index (χ1v) is 17.3. The van der Waals surface area contributed by atoms with Crippen LogP contribution in [-0.2, 0) is 9.47 Å². The van der Waals surface area contributed by atoms with Gasteiger partial charge in [-0.1, -0.05) is 48.6 Å². The first-order chi connectivity index (χ1) is 26.3. The van der Waals surface area contributed by atoms with Crippen molar-refractivity contribution in [2.45, 2.75) is 13.8 Å². The van der Waals surface area contributed by atoms with Gasteiger partial charge in [0.25, 0.3) is 0 Å². The fraction of sp³-hybridized carbons (Fsp3) is 0.136. The van der Waals surface area contributed by atoms with Crippen LogP contribution < -0.4 is 9.47 Å². The van der Waals surface area contributed by atoms with Gasteiger partial charge in [0.15, 0.2) is 0 Å². The average molecular weight is 719 g/mol. The maximum atomic E-state index is 12.6. The maximum Gasteiger partial charge on any atom is 0.338 e. The quantitative estimate of drug-likeness (QED) is 0.107. The molecule has 0 N–H and O–H groups in total. The molecule has 0 unspecified atom stereocenters. The average Bonchev–Trinajstić information content (AvgIpc) is 3.22. The predicted octanol–water partition coefficient (Wildman–Crippen LogP) is 8.98. The summed E-state index contributed by atoms with van der Waals surface area (Å²) in [7, 11) is 3.26. The van der Waals surface area contributed by atoms with Gasteiger partial charge in [0.1, 0.15) is 11.5 Å². The lowest BCUT2D eigenvalue weighted by Crippen LogP contribution is -2.05. The number of methoxy groups -OCH3 is 2. The number of rotatable bonds is 13. The Morgan fingerprint density at radius 3 is 1.19 bits per heavy atom. The van der Waals surface area contributed by atoms with Gasteiger partial charge >= 0.3 is 11.9 Å². The second kappa shape index (κ2) is 17.5. The van der Waals surface area contributed by atoms with E-state index in [1.165, 1.54) is 0 Å². The van der Waals surface area contributed by atoms with E-state index in [9.17, 15) is 9.59 Å². The number of benzene rings is 2. The number of hydrogen-bond acceptors (Lipinski definition) is 10. The molecule has 0 atom stereocenters. The predicted molar refractivity (Wildman–Crippen MR) is 210 cm³/mol. The monoisotopic (exact) mass is 718 g/mol. The van der Waals surface area contributed by atoms with Gasteiger partial charge in [-0.2, -0.15) is 0 Å². The lowest BCUT2D eigenvalue weighted by molar-refractivity contribution is 0.0516. The molecule has 4 aromatic heterocycles. The minimum Gasteiger partial charge on any atom is -0.497 e. The molecule has 0 aliphatic rings. The molecule has 6 rings (SSSR count). The van der Waals surface area contributed by atoms with Crippen LogP contribution in [0.15, 0.2) is 109 Å². The first kappa shape index (κ1) is 36.8. The summed E-state index contributed by atoms with van der Waals surface area (Å²) in [4.78, 5) is 44.5. The van der Waals surface area contributed by atoms with Crippen molar-refractivity contribution in [2.75, 3.05) is 27.4 Å². The Balaban J connectivity index is 1.50. The van der Waals surface area contributed by atoms with Crippen LogP contribution in [0.3, 0.4) is 0 Å². The van der Waals surface area contributed by atoms with E-state index < -0.39 is 11.9 Å². The molecule has 0 saturated heterocycles. The SMILES string of the molecule is CCOC(=O)c1ccnc(-c2cc(C=Cc3ccc(OC)cc3)cc(-c3cc(C=Cc4ccc(OC)cc4)cc(-c4cc(C(=O)OCC)ccn4)n3)n2)c1. The molecular weight excluding hydrogens is 681 g/mol. The highest BCUT2D eigenvalue weighted by atomic mass is 16.5. The van der Waals surface area contributed by atoms with Gasteiger partial charge < -0.3 is 18.9 Å². The molecule has 10 nitrogen and oxygen atoms in total. The van der Waals surface area contributed by atoms with Crippen LogP contribution in [0.2, 0.25) is 0 Å². The van der Waals surface area contributed by atoms with Crippen molar-refractivity contribution in [1.29, 1.82) is 0 Å². The van der Waals surface area contributed by atoms with Gasteiger partial charge in [-0.3, -0.25) is 9.97 Å². The van der Waals surface area contributed by atoms with E-state index in [2.05, 4.69) is 9.97 Å². The zero-order chi connectivity index (χ0) is 37.9. The molecule has 0 spiro atoms.